The Morgan fingerprint density at radius 2 is 2.22 bits per heavy atom. The van der Waals surface area contributed by atoms with Gasteiger partial charge in [0.05, 0.1) is 0 Å². The van der Waals surface area contributed by atoms with Crippen LogP contribution in [0.25, 0.3) is 0 Å². The molecule has 0 aromatic carbocycles. The molecule has 4 N–H and O–H groups in total. The quantitative estimate of drug-likeness (QED) is 0.366. The van der Waals surface area contributed by atoms with Gasteiger partial charge < -0.3 is 10.8 Å². The zero-order chi connectivity index (χ0) is 6.41. The number of aliphatic hydroxyl groups is 1. The van der Waals surface area contributed by atoms with Gasteiger partial charge in [-0.1, -0.05) is 11.8 Å². The highest BCUT2D eigenvalue weighted by Crippen LogP contribution is 1.98. The largest absolute Gasteiger partial charge is 0.396 e. The molecule has 0 saturated heterocycles. The SMILES string of the molecule is Br.N=C(N)SCCCO. The second-order valence-corrected chi connectivity index (χ2v) is 2.43. The van der Waals surface area contributed by atoms with E-state index in [9.17, 15) is 0 Å². The van der Waals surface area contributed by atoms with Crippen LogP contribution < -0.4 is 5.73 Å². The Labute approximate surface area is 69.3 Å². The Morgan fingerprint density at radius 3 is 2.56 bits per heavy atom. The molecule has 56 valence electrons. The number of amidine groups is 1. The first-order valence-corrected chi connectivity index (χ1v) is 3.33. The number of hydrogen-bond donors (Lipinski definition) is 3. The van der Waals surface area contributed by atoms with Gasteiger partial charge in [-0.3, -0.25) is 5.41 Å². The summed E-state index contributed by atoms with van der Waals surface area (Å²) in [6, 6.07) is 0. The molecule has 0 fully saturated rings. The van der Waals surface area contributed by atoms with E-state index in [0.717, 1.165) is 5.75 Å². The van der Waals surface area contributed by atoms with E-state index >= 15 is 0 Å². The summed E-state index contributed by atoms with van der Waals surface area (Å²) >= 11 is 1.26. The third-order valence-corrected chi connectivity index (χ3v) is 1.36. The fraction of sp³-hybridized carbons (Fsp3) is 0.750. The van der Waals surface area contributed by atoms with E-state index < -0.39 is 0 Å². The van der Waals surface area contributed by atoms with Gasteiger partial charge in [-0.25, -0.2) is 0 Å². The maximum Gasteiger partial charge on any atom is 0.151 e. The van der Waals surface area contributed by atoms with Gasteiger partial charge in [-0.2, -0.15) is 0 Å². The Bertz CT molecular complexity index is 81.0. The summed E-state index contributed by atoms with van der Waals surface area (Å²) in [6.07, 6.45) is 0.713. The average molecular weight is 215 g/mol. The minimum atomic E-state index is 0. The van der Waals surface area contributed by atoms with E-state index in [1.165, 1.54) is 11.8 Å². The van der Waals surface area contributed by atoms with Gasteiger partial charge in [0.1, 0.15) is 0 Å². The van der Waals surface area contributed by atoms with E-state index in [0.29, 0.717) is 6.42 Å². The normalized spacial score (nSPS) is 8.11. The Hall–Kier alpha value is 0.260. The fourth-order valence-corrected chi connectivity index (χ4v) is 0.740. The average Bonchev–Trinajstić information content (AvgIpc) is 1.66. The molecule has 0 heterocycles. The Balaban J connectivity index is 0. The first-order chi connectivity index (χ1) is 3.77. The van der Waals surface area contributed by atoms with Gasteiger partial charge in [-0.15, -0.1) is 17.0 Å². The lowest BCUT2D eigenvalue weighted by Gasteiger charge is -1.92. The smallest absolute Gasteiger partial charge is 0.151 e. The highest BCUT2D eigenvalue weighted by molar-refractivity contribution is 8.93. The molecule has 3 nitrogen and oxygen atoms in total. The number of nitrogens with two attached hydrogens (primary N) is 1. The Morgan fingerprint density at radius 1 is 1.67 bits per heavy atom. The molecule has 0 unspecified atom stereocenters. The number of aliphatic hydroxyl groups excluding tert-OH is 1. The molecule has 0 aliphatic carbocycles. The third-order valence-electron chi connectivity index (χ3n) is 0.560. The third kappa shape index (κ3) is 11.7. The molecule has 0 saturated carbocycles. The van der Waals surface area contributed by atoms with Crippen LogP contribution in [-0.2, 0) is 0 Å². The molecule has 0 bridgehead atoms. The molecule has 0 atom stereocenters. The first-order valence-electron chi connectivity index (χ1n) is 2.35. The molecule has 0 radical (unpaired) electrons. The predicted octanol–water partition coefficient (Wildman–Crippen LogP) is 0.573. The second kappa shape index (κ2) is 8.26. The maximum atomic E-state index is 8.25. The highest BCUT2D eigenvalue weighted by Gasteiger charge is 1.87. The summed E-state index contributed by atoms with van der Waals surface area (Å²) in [7, 11) is 0. The van der Waals surface area contributed by atoms with E-state index in [2.05, 4.69) is 0 Å². The minimum Gasteiger partial charge on any atom is -0.396 e. The van der Waals surface area contributed by atoms with Crippen molar-refractivity contribution in [3.05, 3.63) is 0 Å². The molecular formula is C4H11BrN2OS. The number of rotatable bonds is 3. The standard InChI is InChI=1S/C4H10N2OS.BrH/c5-4(6)8-3-1-2-7;/h7H,1-3H2,(H3,5,6);1H. The van der Waals surface area contributed by atoms with Crippen LogP contribution in [0.1, 0.15) is 6.42 Å². The number of hydrogen-bond acceptors (Lipinski definition) is 3. The summed E-state index contributed by atoms with van der Waals surface area (Å²) in [5.41, 5.74) is 5.00. The molecule has 0 spiro atoms. The predicted molar refractivity (Wildman–Crippen MR) is 46.4 cm³/mol. The van der Waals surface area contributed by atoms with Crippen molar-refractivity contribution in [3.63, 3.8) is 0 Å². The fourth-order valence-electron chi connectivity index (χ4n) is 0.247. The minimum absolute atomic E-state index is 0. The monoisotopic (exact) mass is 214 g/mol. The topological polar surface area (TPSA) is 70.1 Å². The van der Waals surface area contributed by atoms with Crippen LogP contribution in [0.3, 0.4) is 0 Å². The van der Waals surface area contributed by atoms with Gasteiger partial charge in [0.2, 0.25) is 0 Å². The summed E-state index contributed by atoms with van der Waals surface area (Å²) in [4.78, 5) is 0. The summed E-state index contributed by atoms with van der Waals surface area (Å²) in [5, 5.41) is 15.1. The van der Waals surface area contributed by atoms with Gasteiger partial charge in [-0.05, 0) is 6.42 Å². The lowest BCUT2D eigenvalue weighted by Crippen LogP contribution is -2.04. The van der Waals surface area contributed by atoms with E-state index in [1.54, 1.807) is 0 Å². The molecule has 5 heteroatoms. The number of nitrogens with one attached hydrogen (secondary N) is 1. The van der Waals surface area contributed by atoms with E-state index in [-0.39, 0.29) is 28.8 Å². The van der Waals surface area contributed by atoms with Gasteiger partial charge in [0.15, 0.2) is 5.17 Å². The maximum absolute atomic E-state index is 8.25. The van der Waals surface area contributed by atoms with Crippen LogP contribution in [0.2, 0.25) is 0 Å². The summed E-state index contributed by atoms with van der Waals surface area (Å²) in [5.74, 6) is 0.742. The molecular weight excluding hydrogens is 204 g/mol. The first kappa shape index (κ1) is 12.0. The molecule has 9 heavy (non-hydrogen) atoms. The molecule has 0 aromatic heterocycles. The van der Waals surface area contributed by atoms with Crippen LogP contribution in [0, 0.1) is 5.41 Å². The van der Waals surface area contributed by atoms with E-state index in [1.807, 2.05) is 0 Å². The Kier molecular flexibility index (Phi) is 11.0. The van der Waals surface area contributed by atoms with Gasteiger partial charge in [0, 0.05) is 12.4 Å². The highest BCUT2D eigenvalue weighted by atomic mass is 79.9. The van der Waals surface area contributed by atoms with Crippen LogP contribution >= 0.6 is 28.7 Å². The van der Waals surface area contributed by atoms with Crippen molar-refractivity contribution in [1.29, 1.82) is 5.41 Å². The van der Waals surface area contributed by atoms with Crippen LogP contribution in [0.4, 0.5) is 0 Å². The zero-order valence-corrected chi connectivity index (χ0v) is 7.49. The lowest BCUT2D eigenvalue weighted by atomic mass is 10.5. The summed E-state index contributed by atoms with van der Waals surface area (Å²) in [6.45, 7) is 0.181. The van der Waals surface area contributed by atoms with Gasteiger partial charge >= 0.3 is 0 Å². The molecule has 0 rings (SSSR count). The van der Waals surface area contributed by atoms with Crippen molar-refractivity contribution in [3.8, 4) is 0 Å². The van der Waals surface area contributed by atoms with Crippen molar-refractivity contribution < 1.29 is 5.11 Å². The van der Waals surface area contributed by atoms with Crippen molar-refractivity contribution in [1.82, 2.24) is 0 Å². The van der Waals surface area contributed by atoms with Gasteiger partial charge in [0.25, 0.3) is 0 Å². The van der Waals surface area contributed by atoms with Crippen molar-refractivity contribution >= 4 is 33.9 Å². The van der Waals surface area contributed by atoms with E-state index in [4.69, 9.17) is 16.2 Å². The zero-order valence-electron chi connectivity index (χ0n) is 4.96. The molecule has 0 aliphatic heterocycles. The van der Waals surface area contributed by atoms with Crippen LogP contribution in [0.15, 0.2) is 0 Å². The van der Waals surface area contributed by atoms with Crippen molar-refractivity contribution in [2.75, 3.05) is 12.4 Å². The number of thioether (sulfide) groups is 1. The van der Waals surface area contributed by atoms with Crippen molar-refractivity contribution in [2.24, 2.45) is 5.73 Å². The summed E-state index contributed by atoms with van der Waals surface area (Å²) < 4.78 is 0. The molecule has 0 amide bonds. The lowest BCUT2D eigenvalue weighted by molar-refractivity contribution is 0.296. The molecule has 0 aliphatic rings. The van der Waals surface area contributed by atoms with Crippen LogP contribution in [0.5, 0.6) is 0 Å². The van der Waals surface area contributed by atoms with Crippen molar-refractivity contribution in [2.45, 2.75) is 6.42 Å². The van der Waals surface area contributed by atoms with Crippen LogP contribution in [-0.4, -0.2) is 22.6 Å². The number of halogens is 1. The second-order valence-electron chi connectivity index (χ2n) is 1.29. The molecule has 0 aromatic rings.